The molecule has 0 atom stereocenters. The number of hydrogen-bond donors (Lipinski definition) is 2. The van der Waals surface area contributed by atoms with Crippen LogP contribution in [0, 0.1) is 5.92 Å². The lowest BCUT2D eigenvalue weighted by molar-refractivity contribution is -0.131. The Kier molecular flexibility index (Phi) is 8.21. The molecule has 16 heavy (non-hydrogen) atoms. The van der Waals surface area contributed by atoms with Crippen molar-refractivity contribution < 1.29 is 14.7 Å². The summed E-state index contributed by atoms with van der Waals surface area (Å²) in [7, 11) is 0. The predicted octanol–water partition coefficient (Wildman–Crippen LogP) is 1.96. The van der Waals surface area contributed by atoms with Crippen LogP contribution < -0.4 is 5.32 Å². The average Bonchev–Trinajstić information content (AvgIpc) is 2.19. The van der Waals surface area contributed by atoms with Crippen LogP contribution in [0.3, 0.4) is 0 Å². The summed E-state index contributed by atoms with van der Waals surface area (Å²) in [5.41, 5.74) is 0. The second kappa shape index (κ2) is 8.95. The predicted molar refractivity (Wildman–Crippen MR) is 63.1 cm³/mol. The fourth-order valence-corrected chi connectivity index (χ4v) is 1.27. The minimum atomic E-state index is -1.10. The molecule has 0 unspecified atom stereocenters. The first-order valence-corrected chi connectivity index (χ1v) is 5.71. The number of carbonyl (C=O) groups is 2. The number of hydrogen-bond acceptors (Lipinski definition) is 2. The highest BCUT2D eigenvalue weighted by Crippen LogP contribution is 2.07. The lowest BCUT2D eigenvalue weighted by Crippen LogP contribution is -2.22. The first-order valence-electron chi connectivity index (χ1n) is 5.71. The van der Waals surface area contributed by atoms with Gasteiger partial charge in [-0.15, -0.1) is 0 Å². The van der Waals surface area contributed by atoms with Crippen molar-refractivity contribution in [3.05, 3.63) is 12.2 Å². The molecule has 0 aliphatic heterocycles. The van der Waals surface area contributed by atoms with Crippen LogP contribution in [0.4, 0.5) is 0 Å². The zero-order valence-electron chi connectivity index (χ0n) is 10.0. The zero-order chi connectivity index (χ0) is 12.4. The third-order valence-electron chi connectivity index (χ3n) is 2.13. The van der Waals surface area contributed by atoms with E-state index in [9.17, 15) is 9.59 Å². The normalized spacial score (nSPS) is 10.9. The Morgan fingerprint density at radius 1 is 1.19 bits per heavy atom. The topological polar surface area (TPSA) is 66.4 Å². The van der Waals surface area contributed by atoms with Crippen molar-refractivity contribution in [2.75, 3.05) is 6.54 Å². The summed E-state index contributed by atoms with van der Waals surface area (Å²) < 4.78 is 0. The number of rotatable bonds is 8. The van der Waals surface area contributed by atoms with Gasteiger partial charge >= 0.3 is 5.97 Å². The van der Waals surface area contributed by atoms with Gasteiger partial charge in [-0.1, -0.05) is 33.1 Å². The molecule has 0 fully saturated rings. The molecule has 0 saturated heterocycles. The number of carboxylic acids is 1. The van der Waals surface area contributed by atoms with E-state index >= 15 is 0 Å². The lowest BCUT2D eigenvalue weighted by Gasteiger charge is -2.04. The molecule has 0 spiro atoms. The number of nitrogens with one attached hydrogen (secondary N) is 1. The molecule has 0 aromatic rings. The highest BCUT2D eigenvalue weighted by Gasteiger charge is 1.97. The molecule has 0 aliphatic carbocycles. The Morgan fingerprint density at radius 2 is 1.88 bits per heavy atom. The van der Waals surface area contributed by atoms with Crippen molar-refractivity contribution in [3.8, 4) is 0 Å². The van der Waals surface area contributed by atoms with Gasteiger partial charge in [0.15, 0.2) is 0 Å². The number of amides is 1. The summed E-state index contributed by atoms with van der Waals surface area (Å²) in [4.78, 5) is 21.1. The van der Waals surface area contributed by atoms with Crippen LogP contribution in [-0.2, 0) is 9.59 Å². The van der Waals surface area contributed by atoms with Gasteiger partial charge in [0.2, 0.25) is 5.91 Å². The molecule has 1 amide bonds. The number of unbranched alkanes of at least 4 members (excludes halogenated alkanes) is 2. The number of carbonyl (C=O) groups excluding carboxylic acids is 1. The molecular weight excluding hydrogens is 206 g/mol. The van der Waals surface area contributed by atoms with Gasteiger partial charge in [-0.25, -0.2) is 4.79 Å². The van der Waals surface area contributed by atoms with Gasteiger partial charge in [-0.3, -0.25) is 4.79 Å². The van der Waals surface area contributed by atoms with Crippen molar-refractivity contribution in [1.82, 2.24) is 5.32 Å². The van der Waals surface area contributed by atoms with E-state index in [0.29, 0.717) is 6.54 Å². The third-order valence-corrected chi connectivity index (χ3v) is 2.13. The van der Waals surface area contributed by atoms with Gasteiger partial charge in [0.25, 0.3) is 0 Å². The molecule has 4 nitrogen and oxygen atoms in total. The van der Waals surface area contributed by atoms with Gasteiger partial charge in [0.05, 0.1) is 0 Å². The monoisotopic (exact) mass is 227 g/mol. The van der Waals surface area contributed by atoms with E-state index < -0.39 is 5.97 Å². The Labute approximate surface area is 96.7 Å². The molecule has 0 rings (SSSR count). The van der Waals surface area contributed by atoms with E-state index in [1.807, 2.05) is 0 Å². The molecule has 92 valence electrons. The van der Waals surface area contributed by atoms with Crippen LogP contribution in [-0.4, -0.2) is 23.5 Å². The van der Waals surface area contributed by atoms with Gasteiger partial charge in [0.1, 0.15) is 0 Å². The Morgan fingerprint density at radius 3 is 2.44 bits per heavy atom. The third kappa shape index (κ3) is 10.8. The number of carboxylic acid groups (broad SMARTS) is 1. The Bertz CT molecular complexity index is 247. The van der Waals surface area contributed by atoms with Crippen molar-refractivity contribution in [1.29, 1.82) is 0 Å². The summed E-state index contributed by atoms with van der Waals surface area (Å²) in [5.74, 6) is -0.716. The van der Waals surface area contributed by atoms with Gasteiger partial charge in [-0.2, -0.15) is 0 Å². The summed E-state index contributed by atoms with van der Waals surface area (Å²) >= 11 is 0. The maximum absolute atomic E-state index is 11.0. The maximum atomic E-state index is 11.0. The molecule has 0 aromatic carbocycles. The molecular formula is C12H21NO3. The van der Waals surface area contributed by atoms with Gasteiger partial charge < -0.3 is 10.4 Å². The highest BCUT2D eigenvalue weighted by molar-refractivity contribution is 5.93. The van der Waals surface area contributed by atoms with Crippen LogP contribution >= 0.6 is 0 Å². The van der Waals surface area contributed by atoms with Crippen LogP contribution in [0.1, 0.15) is 39.5 Å². The van der Waals surface area contributed by atoms with E-state index in [-0.39, 0.29) is 5.91 Å². The van der Waals surface area contributed by atoms with Crippen LogP contribution in [0.5, 0.6) is 0 Å². The van der Waals surface area contributed by atoms with Gasteiger partial charge in [-0.05, 0) is 12.3 Å². The van der Waals surface area contributed by atoms with Crippen LogP contribution in [0.2, 0.25) is 0 Å². The molecule has 0 aliphatic rings. The van der Waals surface area contributed by atoms with E-state index in [2.05, 4.69) is 19.2 Å². The minimum absolute atomic E-state index is 0.341. The second-order valence-corrected chi connectivity index (χ2v) is 4.21. The van der Waals surface area contributed by atoms with Crippen molar-refractivity contribution >= 4 is 11.9 Å². The van der Waals surface area contributed by atoms with Crippen molar-refractivity contribution in [2.24, 2.45) is 5.92 Å². The molecule has 4 heteroatoms. The fraction of sp³-hybridized carbons (Fsp3) is 0.667. The van der Waals surface area contributed by atoms with E-state index in [1.54, 1.807) is 0 Å². The fourth-order valence-electron chi connectivity index (χ4n) is 1.27. The summed E-state index contributed by atoms with van der Waals surface area (Å²) in [6.45, 7) is 5.00. The summed E-state index contributed by atoms with van der Waals surface area (Å²) in [5, 5.41) is 10.9. The van der Waals surface area contributed by atoms with E-state index in [4.69, 9.17) is 5.11 Å². The molecule has 0 heterocycles. The number of aliphatic carboxylic acids is 1. The molecule has 0 aromatic heterocycles. The maximum Gasteiger partial charge on any atom is 0.328 e. The quantitative estimate of drug-likeness (QED) is 0.492. The largest absolute Gasteiger partial charge is 0.478 e. The highest BCUT2D eigenvalue weighted by atomic mass is 16.4. The van der Waals surface area contributed by atoms with Crippen molar-refractivity contribution in [2.45, 2.75) is 39.5 Å². The Balaban J connectivity index is 3.38. The minimum Gasteiger partial charge on any atom is -0.478 e. The molecule has 2 N–H and O–H groups in total. The van der Waals surface area contributed by atoms with Gasteiger partial charge in [0, 0.05) is 18.7 Å². The van der Waals surface area contributed by atoms with Crippen LogP contribution in [0.25, 0.3) is 0 Å². The summed E-state index contributed by atoms with van der Waals surface area (Å²) in [6.07, 6.45) is 6.32. The SMILES string of the molecule is CC(C)CCCCCNC(=O)C=CC(=O)O. The van der Waals surface area contributed by atoms with E-state index in [1.165, 1.54) is 12.8 Å². The first-order chi connectivity index (χ1) is 7.52. The summed E-state index contributed by atoms with van der Waals surface area (Å²) in [6, 6.07) is 0. The lowest BCUT2D eigenvalue weighted by atomic mass is 10.1. The molecule has 0 radical (unpaired) electrons. The standard InChI is InChI=1S/C12H21NO3/c1-10(2)6-4-3-5-9-13-11(14)7-8-12(15)16/h7-8,10H,3-6,9H2,1-2H3,(H,13,14)(H,15,16). The average molecular weight is 227 g/mol. The van der Waals surface area contributed by atoms with Crippen molar-refractivity contribution in [3.63, 3.8) is 0 Å². The van der Waals surface area contributed by atoms with E-state index in [0.717, 1.165) is 30.9 Å². The zero-order valence-corrected chi connectivity index (χ0v) is 10.0. The molecule has 0 saturated carbocycles. The van der Waals surface area contributed by atoms with Crippen LogP contribution in [0.15, 0.2) is 12.2 Å². The Hall–Kier alpha value is -1.32. The first kappa shape index (κ1) is 14.7. The smallest absolute Gasteiger partial charge is 0.328 e. The second-order valence-electron chi connectivity index (χ2n) is 4.21. The molecule has 0 bridgehead atoms.